The van der Waals surface area contributed by atoms with Gasteiger partial charge in [-0.1, -0.05) is 12.8 Å². The smallest absolute Gasteiger partial charge is 0.417 e. The molecule has 1 heterocycles. The van der Waals surface area contributed by atoms with Crippen molar-refractivity contribution >= 4 is 11.7 Å². The van der Waals surface area contributed by atoms with Crippen molar-refractivity contribution in [3.05, 3.63) is 29.3 Å². The third-order valence-corrected chi connectivity index (χ3v) is 3.92. The normalized spacial score (nSPS) is 20.2. The summed E-state index contributed by atoms with van der Waals surface area (Å²) in [6.45, 7) is 2.69. The molecule has 1 unspecified atom stereocenters. The monoisotopic (exact) mass is 301 g/mol. The number of rotatable bonds is 2. The molecule has 1 saturated heterocycles. The summed E-state index contributed by atoms with van der Waals surface area (Å²) < 4.78 is 39.2. The fourth-order valence-electron chi connectivity index (χ4n) is 2.79. The minimum Gasteiger partial charge on any atom is -0.478 e. The average Bonchev–Trinajstić information content (AvgIpc) is 2.61. The third-order valence-electron chi connectivity index (χ3n) is 3.92. The van der Waals surface area contributed by atoms with Gasteiger partial charge < -0.3 is 10.0 Å². The van der Waals surface area contributed by atoms with Gasteiger partial charge in [-0.15, -0.1) is 0 Å². The van der Waals surface area contributed by atoms with Crippen LogP contribution < -0.4 is 4.90 Å². The van der Waals surface area contributed by atoms with E-state index in [1.165, 1.54) is 6.07 Å². The maximum atomic E-state index is 13.1. The van der Waals surface area contributed by atoms with Crippen LogP contribution in [-0.4, -0.2) is 23.7 Å². The lowest BCUT2D eigenvalue weighted by molar-refractivity contribution is -0.138. The molecule has 1 aromatic rings. The molecule has 0 radical (unpaired) electrons. The molecule has 21 heavy (non-hydrogen) atoms. The number of carboxylic acids is 1. The van der Waals surface area contributed by atoms with E-state index >= 15 is 0 Å². The van der Waals surface area contributed by atoms with Gasteiger partial charge in [0.1, 0.15) is 0 Å². The standard InChI is InChI=1S/C15H18F3NO2/c1-10-5-3-2-4-8-19(10)11-6-7-12(14(20)21)13(9-11)15(16,17)18/h6-7,9-10H,2-5,8H2,1H3,(H,20,21). The van der Waals surface area contributed by atoms with Gasteiger partial charge in [-0.05, 0) is 38.0 Å². The first kappa shape index (κ1) is 15.7. The predicted octanol–water partition coefficient (Wildman–Crippen LogP) is 4.17. The van der Waals surface area contributed by atoms with Crippen molar-refractivity contribution in [3.8, 4) is 0 Å². The summed E-state index contributed by atoms with van der Waals surface area (Å²) in [5, 5.41) is 8.91. The molecule has 6 heteroatoms. The number of hydrogen-bond acceptors (Lipinski definition) is 2. The van der Waals surface area contributed by atoms with Crippen molar-refractivity contribution in [3.63, 3.8) is 0 Å². The quantitative estimate of drug-likeness (QED) is 0.891. The number of alkyl halides is 3. The Morgan fingerprint density at radius 1 is 1.29 bits per heavy atom. The Bertz CT molecular complexity index is 528. The van der Waals surface area contributed by atoms with Crippen LogP contribution in [0.5, 0.6) is 0 Å². The Kier molecular flexibility index (Phi) is 4.44. The molecule has 0 bridgehead atoms. The fourth-order valence-corrected chi connectivity index (χ4v) is 2.79. The van der Waals surface area contributed by atoms with E-state index in [0.717, 1.165) is 37.8 Å². The molecule has 1 aliphatic heterocycles. The number of halogens is 3. The van der Waals surface area contributed by atoms with Crippen LogP contribution in [0.25, 0.3) is 0 Å². The molecular formula is C15H18F3NO2. The molecule has 1 atom stereocenters. The Morgan fingerprint density at radius 2 is 2.00 bits per heavy atom. The molecule has 0 saturated carbocycles. The lowest BCUT2D eigenvalue weighted by Gasteiger charge is -2.30. The highest BCUT2D eigenvalue weighted by molar-refractivity contribution is 5.90. The van der Waals surface area contributed by atoms with Crippen molar-refractivity contribution in [2.45, 2.75) is 44.8 Å². The van der Waals surface area contributed by atoms with E-state index in [2.05, 4.69) is 0 Å². The van der Waals surface area contributed by atoms with Crippen LogP contribution in [0.4, 0.5) is 18.9 Å². The van der Waals surface area contributed by atoms with Crippen LogP contribution in [-0.2, 0) is 6.18 Å². The van der Waals surface area contributed by atoms with E-state index in [1.807, 2.05) is 11.8 Å². The van der Waals surface area contributed by atoms with Crippen molar-refractivity contribution in [1.29, 1.82) is 0 Å². The minimum absolute atomic E-state index is 0.157. The Morgan fingerprint density at radius 3 is 2.62 bits per heavy atom. The molecule has 1 aliphatic rings. The zero-order chi connectivity index (χ0) is 15.6. The number of nitrogens with zero attached hydrogens (tertiary/aromatic N) is 1. The molecular weight excluding hydrogens is 283 g/mol. The van der Waals surface area contributed by atoms with Crippen molar-refractivity contribution in [2.75, 3.05) is 11.4 Å². The van der Waals surface area contributed by atoms with E-state index in [0.29, 0.717) is 12.2 Å². The fraction of sp³-hybridized carbons (Fsp3) is 0.533. The summed E-state index contributed by atoms with van der Waals surface area (Å²) in [5.41, 5.74) is -1.33. The summed E-state index contributed by atoms with van der Waals surface area (Å²) in [5.74, 6) is -1.56. The van der Waals surface area contributed by atoms with Gasteiger partial charge in [0.2, 0.25) is 0 Å². The van der Waals surface area contributed by atoms with Gasteiger partial charge >= 0.3 is 12.1 Å². The number of anilines is 1. The molecule has 0 amide bonds. The average molecular weight is 301 g/mol. The SMILES string of the molecule is CC1CCCCCN1c1ccc(C(=O)O)c(C(F)(F)F)c1. The maximum absolute atomic E-state index is 13.1. The Hall–Kier alpha value is -1.72. The van der Waals surface area contributed by atoms with Crippen LogP contribution in [0, 0.1) is 0 Å². The van der Waals surface area contributed by atoms with Gasteiger partial charge in [0, 0.05) is 18.3 Å². The van der Waals surface area contributed by atoms with Gasteiger partial charge in [0.05, 0.1) is 11.1 Å². The van der Waals surface area contributed by atoms with Crippen LogP contribution in [0.15, 0.2) is 18.2 Å². The minimum atomic E-state index is -4.67. The first-order valence-corrected chi connectivity index (χ1v) is 7.02. The zero-order valence-corrected chi connectivity index (χ0v) is 11.8. The summed E-state index contributed by atoms with van der Waals surface area (Å²) in [4.78, 5) is 12.9. The van der Waals surface area contributed by atoms with Crippen molar-refractivity contribution in [1.82, 2.24) is 0 Å². The second kappa shape index (κ2) is 5.95. The molecule has 0 spiro atoms. The lowest BCUT2D eigenvalue weighted by Crippen LogP contribution is -2.32. The summed E-state index contributed by atoms with van der Waals surface area (Å²) in [6.07, 6.45) is -0.662. The Balaban J connectivity index is 2.43. The van der Waals surface area contributed by atoms with Crippen LogP contribution in [0.1, 0.15) is 48.5 Å². The van der Waals surface area contributed by atoms with E-state index in [1.54, 1.807) is 0 Å². The molecule has 1 fully saturated rings. The summed E-state index contributed by atoms with van der Waals surface area (Å²) in [6, 6.07) is 3.65. The molecule has 1 aromatic carbocycles. The third kappa shape index (κ3) is 3.49. The molecule has 2 rings (SSSR count). The van der Waals surface area contributed by atoms with E-state index in [-0.39, 0.29) is 6.04 Å². The van der Waals surface area contributed by atoms with Gasteiger partial charge in [0.15, 0.2) is 0 Å². The highest BCUT2D eigenvalue weighted by Crippen LogP contribution is 2.35. The molecule has 0 aliphatic carbocycles. The number of hydrogen-bond donors (Lipinski definition) is 1. The van der Waals surface area contributed by atoms with E-state index in [4.69, 9.17) is 5.11 Å². The second-order valence-corrected chi connectivity index (χ2v) is 5.42. The highest BCUT2D eigenvalue weighted by atomic mass is 19.4. The van der Waals surface area contributed by atoms with E-state index in [9.17, 15) is 18.0 Å². The first-order chi connectivity index (χ1) is 9.80. The topological polar surface area (TPSA) is 40.5 Å². The predicted molar refractivity (Wildman–Crippen MR) is 73.7 cm³/mol. The number of aromatic carboxylic acids is 1. The second-order valence-electron chi connectivity index (χ2n) is 5.42. The summed E-state index contributed by atoms with van der Waals surface area (Å²) in [7, 11) is 0. The van der Waals surface area contributed by atoms with Crippen molar-refractivity contribution < 1.29 is 23.1 Å². The molecule has 3 nitrogen and oxygen atoms in total. The van der Waals surface area contributed by atoms with E-state index < -0.39 is 23.3 Å². The Labute approximate surface area is 121 Å². The van der Waals surface area contributed by atoms with Gasteiger partial charge in [-0.3, -0.25) is 0 Å². The molecule has 0 aromatic heterocycles. The molecule has 116 valence electrons. The number of carbonyl (C=O) groups is 1. The molecule has 1 N–H and O–H groups in total. The first-order valence-electron chi connectivity index (χ1n) is 7.02. The van der Waals surface area contributed by atoms with Gasteiger partial charge in [-0.25, -0.2) is 4.79 Å². The maximum Gasteiger partial charge on any atom is 0.417 e. The van der Waals surface area contributed by atoms with Crippen LogP contribution in [0.3, 0.4) is 0 Å². The lowest BCUT2D eigenvalue weighted by atomic mass is 10.0. The van der Waals surface area contributed by atoms with Gasteiger partial charge in [-0.2, -0.15) is 13.2 Å². The van der Waals surface area contributed by atoms with Crippen LogP contribution >= 0.6 is 0 Å². The van der Waals surface area contributed by atoms with Crippen LogP contribution in [0.2, 0.25) is 0 Å². The summed E-state index contributed by atoms with van der Waals surface area (Å²) >= 11 is 0. The largest absolute Gasteiger partial charge is 0.478 e. The van der Waals surface area contributed by atoms with Gasteiger partial charge in [0.25, 0.3) is 0 Å². The van der Waals surface area contributed by atoms with Crippen molar-refractivity contribution in [2.24, 2.45) is 0 Å². The number of carboxylic acid groups (broad SMARTS) is 1. The zero-order valence-electron chi connectivity index (χ0n) is 11.8. The number of benzene rings is 1. The highest BCUT2D eigenvalue weighted by Gasteiger charge is 2.36.